The lowest BCUT2D eigenvalue weighted by Crippen LogP contribution is -2.42. The van der Waals surface area contributed by atoms with Crippen molar-refractivity contribution in [3.05, 3.63) is 0 Å². The molecule has 6 heteroatoms. The Balaban J connectivity index is 2.41. The second-order valence-corrected chi connectivity index (χ2v) is 5.28. The molecule has 1 heterocycles. The molecule has 0 spiro atoms. The zero-order valence-corrected chi connectivity index (χ0v) is 10.7. The summed E-state index contributed by atoms with van der Waals surface area (Å²) in [7, 11) is 0. The molecule has 17 heavy (non-hydrogen) atoms. The number of rotatable bonds is 3. The molecule has 1 saturated heterocycles. The molecule has 0 aromatic carbocycles. The van der Waals surface area contributed by atoms with Gasteiger partial charge in [0, 0.05) is 6.54 Å². The smallest absolute Gasteiger partial charge is 0.407 e. The number of ether oxygens (including phenoxy) is 1. The van der Waals surface area contributed by atoms with E-state index >= 15 is 0 Å². The highest BCUT2D eigenvalue weighted by Gasteiger charge is 2.33. The number of alkyl carbamates (subject to hydrolysis) is 1. The van der Waals surface area contributed by atoms with Crippen LogP contribution in [0.3, 0.4) is 0 Å². The maximum Gasteiger partial charge on any atom is 0.407 e. The highest BCUT2D eigenvalue weighted by atomic mass is 16.7. The van der Waals surface area contributed by atoms with Crippen LogP contribution in [0.1, 0.15) is 27.7 Å². The van der Waals surface area contributed by atoms with Crippen molar-refractivity contribution in [3.8, 4) is 0 Å². The van der Waals surface area contributed by atoms with Crippen molar-refractivity contribution in [1.82, 2.24) is 10.4 Å². The molecule has 1 aliphatic heterocycles. The van der Waals surface area contributed by atoms with E-state index in [0.717, 1.165) is 0 Å². The van der Waals surface area contributed by atoms with Gasteiger partial charge in [-0.05, 0) is 26.7 Å². The molecular formula is C11H20N2O4. The molecule has 1 fully saturated rings. The number of nitrogens with zero attached hydrogens (tertiary/aromatic N) is 1. The van der Waals surface area contributed by atoms with Crippen LogP contribution in [-0.2, 0) is 14.4 Å². The molecule has 98 valence electrons. The third kappa shape index (κ3) is 4.60. The lowest BCUT2D eigenvalue weighted by atomic mass is 10.1. The van der Waals surface area contributed by atoms with Crippen LogP contribution < -0.4 is 5.32 Å². The van der Waals surface area contributed by atoms with E-state index in [1.807, 2.05) is 27.7 Å². The van der Waals surface area contributed by atoms with Crippen LogP contribution in [0.15, 0.2) is 0 Å². The third-order valence-electron chi connectivity index (χ3n) is 2.47. The van der Waals surface area contributed by atoms with Crippen molar-refractivity contribution >= 4 is 12.6 Å². The first kappa shape index (κ1) is 13.8. The maximum atomic E-state index is 11.6. The fourth-order valence-corrected chi connectivity index (χ4v) is 1.72. The van der Waals surface area contributed by atoms with Gasteiger partial charge in [-0.2, -0.15) is 0 Å². The molecule has 1 N–H and O–H groups in total. The van der Waals surface area contributed by atoms with E-state index in [1.165, 1.54) is 5.06 Å². The summed E-state index contributed by atoms with van der Waals surface area (Å²) in [6.07, 6.45) is -0.442. The van der Waals surface area contributed by atoms with E-state index in [2.05, 4.69) is 5.32 Å². The molecule has 0 unspecified atom stereocenters. The van der Waals surface area contributed by atoms with Crippen LogP contribution in [0.4, 0.5) is 4.79 Å². The quantitative estimate of drug-likeness (QED) is 0.748. The Hall–Kier alpha value is -1.30. The van der Waals surface area contributed by atoms with Gasteiger partial charge < -0.3 is 14.9 Å². The van der Waals surface area contributed by atoms with Crippen molar-refractivity contribution in [3.63, 3.8) is 0 Å². The van der Waals surface area contributed by atoms with Gasteiger partial charge in [0.15, 0.2) is 0 Å². The Morgan fingerprint density at radius 1 is 1.41 bits per heavy atom. The number of carbonyl (C=O) groups is 2. The van der Waals surface area contributed by atoms with Crippen LogP contribution in [0.25, 0.3) is 0 Å². The van der Waals surface area contributed by atoms with E-state index in [1.54, 1.807) is 0 Å². The molecule has 0 aromatic rings. The Kier molecular flexibility index (Phi) is 4.34. The monoisotopic (exact) mass is 244 g/mol. The van der Waals surface area contributed by atoms with E-state index in [0.29, 0.717) is 19.6 Å². The van der Waals surface area contributed by atoms with E-state index < -0.39 is 11.7 Å². The maximum absolute atomic E-state index is 11.6. The highest BCUT2D eigenvalue weighted by molar-refractivity contribution is 5.68. The van der Waals surface area contributed by atoms with Crippen LogP contribution in [0.2, 0.25) is 0 Å². The summed E-state index contributed by atoms with van der Waals surface area (Å²) >= 11 is 0. The first-order valence-corrected chi connectivity index (χ1v) is 5.66. The second-order valence-electron chi connectivity index (χ2n) is 5.28. The number of amides is 1. The van der Waals surface area contributed by atoms with Gasteiger partial charge in [-0.1, -0.05) is 6.92 Å². The molecular weight excluding hydrogens is 224 g/mol. The first-order chi connectivity index (χ1) is 7.81. The molecule has 1 aliphatic rings. The second kappa shape index (κ2) is 5.35. The summed E-state index contributed by atoms with van der Waals surface area (Å²) in [5.41, 5.74) is -0.509. The molecule has 0 aliphatic carbocycles. The van der Waals surface area contributed by atoms with Crippen molar-refractivity contribution < 1.29 is 19.2 Å². The van der Waals surface area contributed by atoms with Crippen LogP contribution >= 0.6 is 0 Å². The molecule has 6 nitrogen and oxygen atoms in total. The van der Waals surface area contributed by atoms with Gasteiger partial charge in [0.05, 0.1) is 12.6 Å². The molecule has 2 atom stereocenters. The van der Waals surface area contributed by atoms with Crippen molar-refractivity contribution in [2.24, 2.45) is 5.92 Å². The summed E-state index contributed by atoms with van der Waals surface area (Å²) in [4.78, 5) is 26.5. The molecule has 0 aromatic heterocycles. The Morgan fingerprint density at radius 2 is 2.06 bits per heavy atom. The number of carbonyl (C=O) groups excluding carboxylic acids is 2. The van der Waals surface area contributed by atoms with Gasteiger partial charge in [0.25, 0.3) is 0 Å². The fourth-order valence-electron chi connectivity index (χ4n) is 1.72. The van der Waals surface area contributed by atoms with Gasteiger partial charge in [-0.3, -0.25) is 4.79 Å². The van der Waals surface area contributed by atoms with Crippen LogP contribution in [-0.4, -0.2) is 42.4 Å². The van der Waals surface area contributed by atoms with Gasteiger partial charge >= 0.3 is 12.6 Å². The highest BCUT2D eigenvalue weighted by Crippen LogP contribution is 2.17. The van der Waals surface area contributed by atoms with Crippen molar-refractivity contribution in [2.45, 2.75) is 39.3 Å². The predicted octanol–water partition coefficient (Wildman–Crippen LogP) is 0.919. The van der Waals surface area contributed by atoms with Crippen molar-refractivity contribution in [2.75, 3.05) is 13.1 Å². The molecule has 1 amide bonds. The van der Waals surface area contributed by atoms with E-state index in [4.69, 9.17) is 9.57 Å². The zero-order valence-electron chi connectivity index (χ0n) is 10.7. The number of hydrogen-bond acceptors (Lipinski definition) is 5. The minimum atomic E-state index is -0.509. The lowest BCUT2D eigenvalue weighted by molar-refractivity contribution is -0.168. The van der Waals surface area contributed by atoms with Gasteiger partial charge in [0.2, 0.25) is 0 Å². The molecule has 0 bridgehead atoms. The molecule has 1 rings (SSSR count). The van der Waals surface area contributed by atoms with Gasteiger partial charge in [-0.25, -0.2) is 4.79 Å². The third-order valence-corrected chi connectivity index (χ3v) is 2.47. The molecule has 0 saturated carbocycles. The van der Waals surface area contributed by atoms with Crippen molar-refractivity contribution in [1.29, 1.82) is 0 Å². The minimum absolute atomic E-state index is 0.0650. The predicted molar refractivity (Wildman–Crippen MR) is 61.0 cm³/mol. The summed E-state index contributed by atoms with van der Waals surface area (Å²) in [5, 5.41) is 4.30. The standard InChI is InChI=1S/C11H20N2O4/c1-8-5-13(16-7-14)6-9(8)12-10(15)17-11(2,3)4/h7-9H,5-6H2,1-4H3,(H,12,15)/t8-,9+/m0/s1. The summed E-state index contributed by atoms with van der Waals surface area (Å²) < 4.78 is 5.16. The van der Waals surface area contributed by atoms with E-state index in [-0.39, 0.29) is 12.0 Å². The average Bonchev–Trinajstić information content (AvgIpc) is 2.44. The Labute approximate surface area is 101 Å². The summed E-state index contributed by atoms with van der Waals surface area (Å²) in [6.45, 7) is 8.91. The normalized spacial score (nSPS) is 25.4. The van der Waals surface area contributed by atoms with Gasteiger partial charge in [-0.15, -0.1) is 5.06 Å². The topological polar surface area (TPSA) is 67.9 Å². The van der Waals surface area contributed by atoms with Crippen LogP contribution in [0, 0.1) is 5.92 Å². The van der Waals surface area contributed by atoms with E-state index in [9.17, 15) is 9.59 Å². The largest absolute Gasteiger partial charge is 0.444 e. The Bertz CT molecular complexity index is 288. The summed E-state index contributed by atoms with van der Waals surface area (Å²) in [6, 6.07) is -0.0650. The fraction of sp³-hybridized carbons (Fsp3) is 0.818. The lowest BCUT2D eigenvalue weighted by Gasteiger charge is -2.22. The first-order valence-electron chi connectivity index (χ1n) is 5.66. The zero-order chi connectivity index (χ0) is 13.1. The number of hydrogen-bond donors (Lipinski definition) is 1. The van der Waals surface area contributed by atoms with Crippen LogP contribution in [0.5, 0.6) is 0 Å². The SMILES string of the molecule is C[C@H]1CN(OC=O)C[C@H]1NC(=O)OC(C)(C)C. The molecule has 0 radical (unpaired) electrons. The minimum Gasteiger partial charge on any atom is -0.444 e. The number of nitrogens with one attached hydrogen (secondary N) is 1. The summed E-state index contributed by atoms with van der Waals surface area (Å²) in [5.74, 6) is 0.211. The number of hydroxylamine groups is 2. The Morgan fingerprint density at radius 3 is 2.59 bits per heavy atom. The van der Waals surface area contributed by atoms with Gasteiger partial charge in [0.1, 0.15) is 5.60 Å². The average molecular weight is 244 g/mol.